The highest BCUT2D eigenvalue weighted by atomic mass is 15.0. The number of rotatable bonds is 4. The van der Waals surface area contributed by atoms with Crippen molar-refractivity contribution in [1.29, 1.82) is 0 Å². The van der Waals surface area contributed by atoms with Crippen LogP contribution in [0.1, 0.15) is 63.9 Å². The number of hydrogen-bond acceptors (Lipinski definition) is 3. The van der Waals surface area contributed by atoms with E-state index in [1.807, 2.05) is 0 Å². The van der Waals surface area contributed by atoms with Gasteiger partial charge < -0.3 is 5.32 Å². The maximum atomic E-state index is 4.74. The van der Waals surface area contributed by atoms with Crippen molar-refractivity contribution in [2.75, 3.05) is 11.9 Å². The second-order valence-electron chi connectivity index (χ2n) is 5.46. The molecule has 18 heavy (non-hydrogen) atoms. The number of aromatic nitrogens is 2. The molecule has 1 fully saturated rings. The standard InChI is InChI=1S/C15H25N3/c1-4-13-10-14(16-5-2)18-15(17-13)12-8-6-7-11(3)9-12/h10-12H,4-9H2,1-3H3,(H,16,17,18). The van der Waals surface area contributed by atoms with E-state index in [1.54, 1.807) is 0 Å². The van der Waals surface area contributed by atoms with Gasteiger partial charge in [-0.3, -0.25) is 0 Å². The molecule has 0 radical (unpaired) electrons. The van der Waals surface area contributed by atoms with E-state index in [2.05, 4.69) is 32.2 Å². The molecule has 0 aliphatic heterocycles. The summed E-state index contributed by atoms with van der Waals surface area (Å²) in [6, 6.07) is 2.08. The van der Waals surface area contributed by atoms with Gasteiger partial charge in [-0.25, -0.2) is 9.97 Å². The smallest absolute Gasteiger partial charge is 0.134 e. The lowest BCUT2D eigenvalue weighted by atomic mass is 9.82. The number of nitrogens with zero attached hydrogens (tertiary/aromatic N) is 2. The Kier molecular flexibility index (Phi) is 4.56. The molecule has 1 saturated carbocycles. The van der Waals surface area contributed by atoms with Crippen LogP contribution < -0.4 is 5.32 Å². The van der Waals surface area contributed by atoms with Gasteiger partial charge >= 0.3 is 0 Å². The summed E-state index contributed by atoms with van der Waals surface area (Å²) in [5.41, 5.74) is 1.16. The summed E-state index contributed by atoms with van der Waals surface area (Å²) < 4.78 is 0. The molecule has 3 nitrogen and oxygen atoms in total. The van der Waals surface area contributed by atoms with Crippen molar-refractivity contribution in [3.63, 3.8) is 0 Å². The highest BCUT2D eigenvalue weighted by Gasteiger charge is 2.23. The summed E-state index contributed by atoms with van der Waals surface area (Å²) in [5, 5.41) is 3.32. The van der Waals surface area contributed by atoms with E-state index in [-0.39, 0.29) is 0 Å². The highest BCUT2D eigenvalue weighted by Crippen LogP contribution is 2.34. The number of hydrogen-bond donors (Lipinski definition) is 1. The van der Waals surface area contributed by atoms with Crippen LogP contribution in [-0.2, 0) is 6.42 Å². The fraction of sp³-hybridized carbons (Fsp3) is 0.733. The molecule has 1 aromatic heterocycles. The number of aryl methyl sites for hydroxylation is 1. The first-order chi connectivity index (χ1) is 8.72. The van der Waals surface area contributed by atoms with E-state index in [0.717, 1.165) is 36.2 Å². The Hall–Kier alpha value is -1.12. The van der Waals surface area contributed by atoms with Gasteiger partial charge in [0, 0.05) is 24.2 Å². The Morgan fingerprint density at radius 3 is 2.78 bits per heavy atom. The lowest BCUT2D eigenvalue weighted by Gasteiger charge is -2.26. The molecule has 0 bridgehead atoms. The van der Waals surface area contributed by atoms with E-state index >= 15 is 0 Å². The normalized spacial score (nSPS) is 23.9. The quantitative estimate of drug-likeness (QED) is 0.880. The van der Waals surface area contributed by atoms with Crippen LogP contribution >= 0.6 is 0 Å². The molecular weight excluding hydrogens is 222 g/mol. The maximum Gasteiger partial charge on any atom is 0.134 e. The summed E-state index contributed by atoms with van der Waals surface area (Å²) in [6.45, 7) is 7.53. The predicted octanol–water partition coefficient (Wildman–Crippen LogP) is 3.76. The molecule has 100 valence electrons. The van der Waals surface area contributed by atoms with Crippen LogP contribution in [0, 0.1) is 5.92 Å². The summed E-state index contributed by atoms with van der Waals surface area (Å²) in [6.07, 6.45) is 6.17. The molecule has 0 amide bonds. The van der Waals surface area contributed by atoms with E-state index in [1.165, 1.54) is 25.7 Å². The Morgan fingerprint density at radius 2 is 2.11 bits per heavy atom. The van der Waals surface area contributed by atoms with Crippen molar-refractivity contribution in [1.82, 2.24) is 9.97 Å². The molecule has 0 saturated heterocycles. The largest absolute Gasteiger partial charge is 0.370 e. The molecule has 1 heterocycles. The minimum Gasteiger partial charge on any atom is -0.370 e. The minimum absolute atomic E-state index is 0.567. The summed E-state index contributed by atoms with van der Waals surface area (Å²) >= 11 is 0. The first kappa shape index (κ1) is 13.3. The highest BCUT2D eigenvalue weighted by molar-refractivity contribution is 5.36. The SMILES string of the molecule is CCNc1cc(CC)nc(C2CCCC(C)C2)n1. The fourth-order valence-corrected chi connectivity index (χ4v) is 2.82. The molecule has 1 aromatic rings. The lowest BCUT2D eigenvalue weighted by molar-refractivity contribution is 0.335. The van der Waals surface area contributed by atoms with Crippen molar-refractivity contribution in [2.24, 2.45) is 5.92 Å². The summed E-state index contributed by atoms with van der Waals surface area (Å²) in [4.78, 5) is 9.45. The van der Waals surface area contributed by atoms with Crippen molar-refractivity contribution in [3.8, 4) is 0 Å². The zero-order valence-corrected chi connectivity index (χ0v) is 11.9. The molecule has 3 heteroatoms. The molecule has 2 rings (SSSR count). The first-order valence-electron chi connectivity index (χ1n) is 7.34. The third kappa shape index (κ3) is 3.21. The van der Waals surface area contributed by atoms with Crippen LogP contribution in [0.15, 0.2) is 6.07 Å². The van der Waals surface area contributed by atoms with Crippen molar-refractivity contribution in [3.05, 3.63) is 17.6 Å². The molecule has 0 spiro atoms. The Labute approximate surface area is 110 Å². The Morgan fingerprint density at radius 1 is 1.28 bits per heavy atom. The second kappa shape index (κ2) is 6.17. The topological polar surface area (TPSA) is 37.8 Å². The van der Waals surface area contributed by atoms with Crippen LogP contribution in [-0.4, -0.2) is 16.5 Å². The predicted molar refractivity (Wildman–Crippen MR) is 75.9 cm³/mol. The molecule has 2 atom stereocenters. The fourth-order valence-electron chi connectivity index (χ4n) is 2.82. The average molecular weight is 247 g/mol. The third-order valence-electron chi connectivity index (χ3n) is 3.82. The van der Waals surface area contributed by atoms with Crippen molar-refractivity contribution in [2.45, 2.75) is 58.8 Å². The van der Waals surface area contributed by atoms with Crippen LogP contribution in [0.4, 0.5) is 5.82 Å². The lowest BCUT2D eigenvalue weighted by Crippen LogP contribution is -2.16. The first-order valence-corrected chi connectivity index (χ1v) is 7.34. The summed E-state index contributed by atoms with van der Waals surface area (Å²) in [5.74, 6) is 3.45. The van der Waals surface area contributed by atoms with E-state index in [4.69, 9.17) is 9.97 Å². The van der Waals surface area contributed by atoms with Crippen LogP contribution in [0.3, 0.4) is 0 Å². The molecule has 1 aliphatic carbocycles. The van der Waals surface area contributed by atoms with Crippen LogP contribution in [0.25, 0.3) is 0 Å². The van der Waals surface area contributed by atoms with Crippen molar-refractivity contribution >= 4 is 5.82 Å². The van der Waals surface area contributed by atoms with Gasteiger partial charge in [-0.15, -0.1) is 0 Å². The summed E-state index contributed by atoms with van der Waals surface area (Å²) in [7, 11) is 0. The zero-order chi connectivity index (χ0) is 13.0. The van der Waals surface area contributed by atoms with Gasteiger partial charge in [-0.05, 0) is 32.1 Å². The van der Waals surface area contributed by atoms with Gasteiger partial charge in [0.2, 0.25) is 0 Å². The Bertz CT molecular complexity index is 389. The maximum absolute atomic E-state index is 4.74. The average Bonchev–Trinajstić information content (AvgIpc) is 2.39. The van der Waals surface area contributed by atoms with Gasteiger partial charge in [0.25, 0.3) is 0 Å². The van der Waals surface area contributed by atoms with Gasteiger partial charge in [0.05, 0.1) is 0 Å². The van der Waals surface area contributed by atoms with Crippen LogP contribution in [0.5, 0.6) is 0 Å². The minimum atomic E-state index is 0.567. The van der Waals surface area contributed by atoms with Gasteiger partial charge in [0.1, 0.15) is 11.6 Å². The zero-order valence-electron chi connectivity index (χ0n) is 11.9. The molecule has 1 aliphatic rings. The van der Waals surface area contributed by atoms with E-state index in [0.29, 0.717) is 5.92 Å². The van der Waals surface area contributed by atoms with E-state index < -0.39 is 0 Å². The van der Waals surface area contributed by atoms with Gasteiger partial charge in [-0.2, -0.15) is 0 Å². The molecular formula is C15H25N3. The Balaban J connectivity index is 2.22. The molecule has 0 aromatic carbocycles. The van der Waals surface area contributed by atoms with E-state index in [9.17, 15) is 0 Å². The second-order valence-corrected chi connectivity index (χ2v) is 5.46. The molecule has 2 unspecified atom stereocenters. The third-order valence-corrected chi connectivity index (χ3v) is 3.82. The molecule has 1 N–H and O–H groups in total. The van der Waals surface area contributed by atoms with Gasteiger partial charge in [0.15, 0.2) is 0 Å². The van der Waals surface area contributed by atoms with Crippen LogP contribution in [0.2, 0.25) is 0 Å². The number of anilines is 1. The number of nitrogens with one attached hydrogen (secondary N) is 1. The van der Waals surface area contributed by atoms with Crippen molar-refractivity contribution < 1.29 is 0 Å². The monoisotopic (exact) mass is 247 g/mol. The van der Waals surface area contributed by atoms with Gasteiger partial charge in [-0.1, -0.05) is 26.7 Å².